The smallest absolute Gasteiger partial charge is 0.174 e. The van der Waals surface area contributed by atoms with Crippen LogP contribution in [-0.4, -0.2) is 16.5 Å². The molecule has 0 fully saturated rings. The summed E-state index contributed by atoms with van der Waals surface area (Å²) in [6.07, 6.45) is 1.82. The number of thioether (sulfide) groups is 1. The lowest BCUT2D eigenvalue weighted by Crippen LogP contribution is -2.02. The van der Waals surface area contributed by atoms with Gasteiger partial charge >= 0.3 is 0 Å². The second kappa shape index (κ2) is 6.19. The highest BCUT2D eigenvalue weighted by molar-refractivity contribution is 7.99. The number of aromatic nitrogens is 1. The largest absolute Gasteiger partial charge is 0.360 e. The van der Waals surface area contributed by atoms with Gasteiger partial charge in [-0.3, -0.25) is 4.79 Å². The molecule has 0 atom stereocenters. The topological polar surface area (TPSA) is 32.9 Å². The first kappa shape index (κ1) is 14.0. The number of aryl methyl sites for hydroxylation is 1. The maximum atomic E-state index is 12.4. The van der Waals surface area contributed by atoms with Crippen molar-refractivity contribution in [1.29, 1.82) is 0 Å². The highest BCUT2D eigenvalue weighted by Crippen LogP contribution is 2.21. The number of hydrogen-bond acceptors (Lipinski definition) is 2. The van der Waals surface area contributed by atoms with Crippen molar-refractivity contribution >= 4 is 28.4 Å². The Morgan fingerprint density at radius 1 is 1.10 bits per heavy atom. The van der Waals surface area contributed by atoms with Crippen molar-refractivity contribution in [3.8, 4) is 0 Å². The van der Waals surface area contributed by atoms with E-state index in [1.54, 1.807) is 11.8 Å². The highest BCUT2D eigenvalue weighted by Gasteiger charge is 2.11. The summed E-state index contributed by atoms with van der Waals surface area (Å²) < 4.78 is 0. The Kier molecular flexibility index (Phi) is 4.11. The number of rotatable bonds is 5. The van der Waals surface area contributed by atoms with Gasteiger partial charge in [0.25, 0.3) is 0 Å². The van der Waals surface area contributed by atoms with Crippen molar-refractivity contribution in [2.45, 2.75) is 12.7 Å². The Morgan fingerprint density at radius 2 is 1.86 bits per heavy atom. The molecule has 3 heteroatoms. The first-order valence-electron chi connectivity index (χ1n) is 6.97. The number of Topliss-reactive ketones (excluding diaryl/α,β-unsaturated/α-hetero) is 1. The number of hydrogen-bond donors (Lipinski definition) is 1. The molecule has 106 valence electrons. The van der Waals surface area contributed by atoms with Gasteiger partial charge in [0.05, 0.1) is 5.75 Å². The third-order valence-electron chi connectivity index (χ3n) is 3.64. The van der Waals surface area contributed by atoms with Crippen LogP contribution in [0.3, 0.4) is 0 Å². The van der Waals surface area contributed by atoms with Crippen LogP contribution in [-0.2, 0) is 5.75 Å². The van der Waals surface area contributed by atoms with Crippen molar-refractivity contribution < 1.29 is 4.79 Å². The minimum Gasteiger partial charge on any atom is -0.360 e. The summed E-state index contributed by atoms with van der Waals surface area (Å²) in [5.41, 5.74) is 4.39. The molecule has 0 aliphatic rings. The number of nitrogens with one attached hydrogen (secondary N) is 1. The van der Waals surface area contributed by atoms with Gasteiger partial charge in [0.15, 0.2) is 5.78 Å². The zero-order valence-corrected chi connectivity index (χ0v) is 12.7. The Morgan fingerprint density at radius 3 is 2.71 bits per heavy atom. The SMILES string of the molecule is Cc1ccccc1CSCC(=O)c1c[nH]c2ccccc12. The normalized spacial score (nSPS) is 10.9. The summed E-state index contributed by atoms with van der Waals surface area (Å²) >= 11 is 1.67. The van der Waals surface area contributed by atoms with E-state index in [0.29, 0.717) is 5.75 Å². The molecule has 0 aliphatic carbocycles. The van der Waals surface area contributed by atoms with Gasteiger partial charge in [0.2, 0.25) is 0 Å². The van der Waals surface area contributed by atoms with Gasteiger partial charge in [-0.05, 0) is 24.1 Å². The van der Waals surface area contributed by atoms with Crippen molar-refractivity contribution in [1.82, 2.24) is 4.98 Å². The lowest BCUT2D eigenvalue weighted by molar-refractivity contribution is 0.102. The van der Waals surface area contributed by atoms with Gasteiger partial charge in [-0.15, -0.1) is 11.8 Å². The third kappa shape index (κ3) is 3.03. The highest BCUT2D eigenvalue weighted by atomic mass is 32.2. The maximum Gasteiger partial charge on any atom is 0.174 e. The Balaban J connectivity index is 1.66. The average Bonchev–Trinajstić information content (AvgIpc) is 2.93. The number of carbonyl (C=O) groups is 1. The molecule has 0 aliphatic heterocycles. The number of benzene rings is 2. The van der Waals surface area contributed by atoms with E-state index in [1.165, 1.54) is 11.1 Å². The van der Waals surface area contributed by atoms with E-state index in [4.69, 9.17) is 0 Å². The molecule has 0 unspecified atom stereocenters. The Labute approximate surface area is 128 Å². The zero-order chi connectivity index (χ0) is 14.7. The fourth-order valence-corrected chi connectivity index (χ4v) is 3.39. The number of carbonyl (C=O) groups excluding carboxylic acids is 1. The first-order valence-corrected chi connectivity index (χ1v) is 8.13. The minimum atomic E-state index is 0.186. The van der Waals surface area contributed by atoms with Gasteiger partial charge in [0.1, 0.15) is 0 Å². The number of para-hydroxylation sites is 1. The summed E-state index contributed by atoms with van der Waals surface area (Å²) in [7, 11) is 0. The second-order valence-electron chi connectivity index (χ2n) is 5.09. The molecule has 1 N–H and O–H groups in total. The van der Waals surface area contributed by atoms with Crippen LogP contribution in [0.4, 0.5) is 0 Å². The standard InChI is InChI=1S/C18H17NOS/c1-13-6-2-3-7-14(13)11-21-12-18(20)16-10-19-17-9-5-4-8-15(16)17/h2-10,19H,11-12H2,1H3. The van der Waals surface area contributed by atoms with Gasteiger partial charge in [-0.25, -0.2) is 0 Å². The molecule has 0 spiro atoms. The van der Waals surface area contributed by atoms with Crippen LogP contribution in [0.5, 0.6) is 0 Å². The zero-order valence-electron chi connectivity index (χ0n) is 11.9. The van der Waals surface area contributed by atoms with Crippen LogP contribution in [0.2, 0.25) is 0 Å². The van der Waals surface area contributed by atoms with Crippen molar-refractivity contribution in [2.24, 2.45) is 0 Å². The number of aromatic amines is 1. The lowest BCUT2D eigenvalue weighted by atomic mass is 10.1. The molecule has 3 rings (SSSR count). The quantitative estimate of drug-likeness (QED) is 0.698. The van der Waals surface area contributed by atoms with E-state index < -0.39 is 0 Å². The van der Waals surface area contributed by atoms with Crippen molar-refractivity contribution in [3.05, 3.63) is 71.4 Å². The molecule has 1 heterocycles. The van der Waals surface area contributed by atoms with E-state index in [-0.39, 0.29) is 5.78 Å². The van der Waals surface area contributed by atoms with E-state index in [0.717, 1.165) is 22.2 Å². The summed E-state index contributed by atoms with van der Waals surface area (Å²) in [6, 6.07) is 16.2. The molecular weight excluding hydrogens is 278 g/mol. The molecule has 0 saturated heterocycles. The van der Waals surface area contributed by atoms with Crippen LogP contribution < -0.4 is 0 Å². The van der Waals surface area contributed by atoms with Gasteiger partial charge < -0.3 is 4.98 Å². The molecule has 3 aromatic rings. The van der Waals surface area contributed by atoms with Gasteiger partial charge in [-0.2, -0.15) is 0 Å². The van der Waals surface area contributed by atoms with Crippen LogP contribution in [0.1, 0.15) is 21.5 Å². The molecule has 0 amide bonds. The molecule has 0 radical (unpaired) electrons. The molecule has 21 heavy (non-hydrogen) atoms. The number of fused-ring (bicyclic) bond motifs is 1. The van der Waals surface area contributed by atoms with Crippen LogP contribution in [0.25, 0.3) is 10.9 Å². The lowest BCUT2D eigenvalue weighted by Gasteiger charge is -2.04. The van der Waals surface area contributed by atoms with E-state index in [9.17, 15) is 4.79 Å². The predicted octanol–water partition coefficient (Wildman–Crippen LogP) is 4.59. The maximum absolute atomic E-state index is 12.4. The molecule has 1 aromatic heterocycles. The molecular formula is C18H17NOS. The minimum absolute atomic E-state index is 0.186. The molecule has 2 aromatic carbocycles. The fourth-order valence-electron chi connectivity index (χ4n) is 2.41. The van der Waals surface area contributed by atoms with Gasteiger partial charge in [0, 0.05) is 28.4 Å². The summed E-state index contributed by atoms with van der Waals surface area (Å²) in [6.45, 7) is 2.11. The van der Waals surface area contributed by atoms with Crippen molar-refractivity contribution in [2.75, 3.05) is 5.75 Å². The Hall–Kier alpha value is -2.00. The van der Waals surface area contributed by atoms with Crippen molar-refractivity contribution in [3.63, 3.8) is 0 Å². The number of H-pyrrole nitrogens is 1. The van der Waals surface area contributed by atoms with Crippen LogP contribution in [0.15, 0.2) is 54.7 Å². The molecule has 2 nitrogen and oxygen atoms in total. The fraction of sp³-hybridized carbons (Fsp3) is 0.167. The first-order chi connectivity index (χ1) is 10.3. The second-order valence-corrected chi connectivity index (χ2v) is 6.08. The molecule has 0 saturated carbocycles. The predicted molar refractivity (Wildman–Crippen MR) is 90.0 cm³/mol. The van der Waals surface area contributed by atoms with Gasteiger partial charge in [-0.1, -0.05) is 42.5 Å². The molecule has 0 bridgehead atoms. The summed E-state index contributed by atoms with van der Waals surface area (Å²) in [5.74, 6) is 1.57. The van der Waals surface area contributed by atoms with Crippen LogP contribution >= 0.6 is 11.8 Å². The Bertz CT molecular complexity index is 775. The average molecular weight is 295 g/mol. The monoisotopic (exact) mass is 295 g/mol. The summed E-state index contributed by atoms with van der Waals surface area (Å²) in [4.78, 5) is 15.5. The van der Waals surface area contributed by atoms with E-state index >= 15 is 0 Å². The third-order valence-corrected chi connectivity index (χ3v) is 4.62. The number of ketones is 1. The van der Waals surface area contributed by atoms with E-state index in [2.05, 4.69) is 24.0 Å². The van der Waals surface area contributed by atoms with E-state index in [1.807, 2.05) is 42.6 Å². The van der Waals surface area contributed by atoms with Crippen LogP contribution in [0, 0.1) is 6.92 Å². The summed E-state index contributed by atoms with van der Waals surface area (Å²) in [5, 5.41) is 1.01.